The maximum Gasteiger partial charge on any atom is 0.235 e. The summed E-state index contributed by atoms with van der Waals surface area (Å²) in [6, 6.07) is 26.1. The summed E-state index contributed by atoms with van der Waals surface area (Å²) in [5, 5.41) is 2.09. The second-order valence-corrected chi connectivity index (χ2v) is 27.3. The molecule has 17 heteroatoms. The Morgan fingerprint density at radius 3 is 1.36 bits per heavy atom. The number of aryl methyl sites for hydroxylation is 2. The summed E-state index contributed by atoms with van der Waals surface area (Å²) in [6.45, 7) is 6.26. The molecule has 2 aliphatic heterocycles. The zero-order valence-corrected chi connectivity index (χ0v) is 47.3. The molecule has 2 N–H and O–H groups in total. The van der Waals surface area contributed by atoms with Crippen molar-refractivity contribution in [3.63, 3.8) is 0 Å². The predicted octanol–water partition coefficient (Wildman–Crippen LogP) is 13.1. The van der Waals surface area contributed by atoms with Crippen molar-refractivity contribution in [2.24, 2.45) is 5.73 Å². The van der Waals surface area contributed by atoms with E-state index in [9.17, 15) is 16.8 Å². The van der Waals surface area contributed by atoms with Crippen LogP contribution in [0.2, 0.25) is 20.1 Å². The lowest BCUT2D eigenvalue weighted by Crippen LogP contribution is -2.41. The number of nitrogens with zero attached hydrogens (tertiary/aromatic N) is 2. The molecule has 0 bridgehead atoms. The first-order chi connectivity index (χ1) is 34.2. The highest BCUT2D eigenvalue weighted by Crippen LogP contribution is 2.43. The van der Waals surface area contributed by atoms with Crippen molar-refractivity contribution in [1.82, 2.24) is 9.80 Å². The van der Waals surface area contributed by atoms with E-state index in [2.05, 4.69) is 52.3 Å². The van der Waals surface area contributed by atoms with Crippen molar-refractivity contribution in [2.75, 3.05) is 51.7 Å². The highest BCUT2D eigenvalue weighted by atomic mass is 35.7. The molecule has 4 unspecified atom stereocenters. The second kappa shape index (κ2) is 26.9. The summed E-state index contributed by atoms with van der Waals surface area (Å²) in [5.74, 6) is 2.77. The standard InChI is InChI=1S/C28H35Cl2NO3S.C23H28Cl2N2O.C4H7ClO2S.ClH/c29-26-11-7-20(18-27(26)30)17-25-24-19-22(34-15-4-16-35(32,33)23-5-3-6-23)10-8-21(24)9-12-28(25)31-13-1-2-14-31;24-21-7-3-16(14-22(21)25)13-20-19-15-18(28-12-9-26)6-4-17(19)5-8-23(20)27-10-1-2-11-27;5-8(6,7)4-2-1-3-4;/h7-8,10-11,18-19,23,25,28H,1-6,9,12-17H2;3-4,6-7,14-15,20,23H,1-2,5,8-13,26H2;4H,1-3H2;1H. The molecule has 2 saturated heterocycles. The van der Waals surface area contributed by atoms with Crippen LogP contribution in [0.5, 0.6) is 11.5 Å². The van der Waals surface area contributed by atoms with Gasteiger partial charge in [0.1, 0.15) is 18.1 Å². The number of hydrogen-bond donors (Lipinski definition) is 1. The summed E-state index contributed by atoms with van der Waals surface area (Å²) >= 11 is 25.0. The molecule has 0 amide bonds. The predicted molar refractivity (Wildman–Crippen MR) is 300 cm³/mol. The van der Waals surface area contributed by atoms with Crippen molar-refractivity contribution in [3.8, 4) is 11.5 Å². The Kier molecular flexibility index (Phi) is 21.5. The number of sulfone groups is 1. The van der Waals surface area contributed by atoms with E-state index in [4.69, 9.17) is 72.3 Å². The minimum atomic E-state index is -3.19. The highest BCUT2D eigenvalue weighted by molar-refractivity contribution is 8.14. The molecular formula is C55H71Cl6N3O6S2. The van der Waals surface area contributed by atoms with Crippen LogP contribution < -0.4 is 15.2 Å². The van der Waals surface area contributed by atoms with Gasteiger partial charge >= 0.3 is 0 Å². The molecule has 4 aromatic rings. The lowest BCUT2D eigenvalue weighted by molar-refractivity contribution is 0.188. The van der Waals surface area contributed by atoms with Gasteiger partial charge in [-0.25, -0.2) is 16.8 Å². The molecule has 0 spiro atoms. The van der Waals surface area contributed by atoms with Crippen molar-refractivity contribution in [2.45, 2.75) is 144 Å². The van der Waals surface area contributed by atoms with Gasteiger partial charge in [0.15, 0.2) is 9.84 Å². The third kappa shape index (κ3) is 15.1. The molecule has 396 valence electrons. The molecular weight excluding hydrogens is 1080 g/mol. The van der Waals surface area contributed by atoms with Crippen LogP contribution in [-0.2, 0) is 44.6 Å². The van der Waals surface area contributed by atoms with Crippen LogP contribution in [0.3, 0.4) is 0 Å². The van der Waals surface area contributed by atoms with E-state index in [0.717, 1.165) is 82.1 Å². The van der Waals surface area contributed by atoms with E-state index in [1.807, 2.05) is 30.3 Å². The molecule has 4 aliphatic carbocycles. The summed E-state index contributed by atoms with van der Waals surface area (Å²) < 4.78 is 57.4. The van der Waals surface area contributed by atoms with E-state index in [1.54, 1.807) is 0 Å². The molecule has 0 aromatic heterocycles. The van der Waals surface area contributed by atoms with Crippen LogP contribution in [-0.4, -0.2) is 101 Å². The van der Waals surface area contributed by atoms with Gasteiger partial charge in [0.25, 0.3) is 0 Å². The van der Waals surface area contributed by atoms with Gasteiger partial charge in [0, 0.05) is 41.1 Å². The molecule has 10 rings (SSSR count). The average Bonchev–Trinajstić information content (AvgIpc) is 4.05. The lowest BCUT2D eigenvalue weighted by atomic mass is 9.75. The minimum absolute atomic E-state index is 0. The van der Waals surface area contributed by atoms with Gasteiger partial charge < -0.3 is 15.2 Å². The van der Waals surface area contributed by atoms with Gasteiger partial charge in [-0.3, -0.25) is 9.80 Å². The molecule has 4 atom stereocenters. The van der Waals surface area contributed by atoms with Crippen molar-refractivity contribution in [3.05, 3.63) is 126 Å². The van der Waals surface area contributed by atoms with E-state index in [0.29, 0.717) is 70.2 Å². The molecule has 2 saturated carbocycles. The topological polar surface area (TPSA) is 119 Å². The minimum Gasteiger partial charge on any atom is -0.494 e. The highest BCUT2D eigenvalue weighted by Gasteiger charge is 2.37. The number of fused-ring (bicyclic) bond motifs is 2. The van der Waals surface area contributed by atoms with Gasteiger partial charge in [-0.05, 0) is 204 Å². The van der Waals surface area contributed by atoms with Crippen LogP contribution in [0, 0.1) is 0 Å². The van der Waals surface area contributed by atoms with E-state index >= 15 is 0 Å². The van der Waals surface area contributed by atoms with E-state index < -0.39 is 18.9 Å². The van der Waals surface area contributed by atoms with Crippen LogP contribution in [0.1, 0.15) is 129 Å². The molecule has 9 nitrogen and oxygen atoms in total. The molecule has 4 fully saturated rings. The zero-order chi connectivity index (χ0) is 50.1. The number of rotatable bonds is 16. The Labute approximate surface area is 459 Å². The number of halogens is 6. The fourth-order valence-corrected chi connectivity index (χ4v) is 15.4. The van der Waals surface area contributed by atoms with Gasteiger partial charge in [0.05, 0.1) is 43.0 Å². The van der Waals surface area contributed by atoms with Crippen LogP contribution >= 0.6 is 69.5 Å². The monoisotopic (exact) mass is 1140 g/mol. The summed E-state index contributed by atoms with van der Waals surface area (Å²) in [7, 11) is -1.15. The normalized spacial score (nSPS) is 22.4. The maximum absolute atomic E-state index is 12.4. The van der Waals surface area contributed by atoms with Gasteiger partial charge in [-0.15, -0.1) is 12.4 Å². The first-order valence-electron chi connectivity index (χ1n) is 25.9. The SMILES string of the molecule is Cl.NCCOc1ccc2c(c1)C(Cc1ccc(Cl)c(Cl)c1)C(N1CCCC1)CC2.O=S(=O)(CCCOc1ccc2c(c1)C(Cc1ccc(Cl)c(Cl)c1)C(N1CCCC1)CC2)C1CCC1.O=S(=O)(Cl)C1CCC1. The largest absolute Gasteiger partial charge is 0.494 e. The van der Waals surface area contributed by atoms with Crippen LogP contribution in [0.25, 0.3) is 0 Å². The maximum atomic E-state index is 12.4. The number of ether oxygens (including phenoxy) is 2. The Hall–Kier alpha value is -2.00. The van der Waals surface area contributed by atoms with Gasteiger partial charge in [0.2, 0.25) is 9.05 Å². The van der Waals surface area contributed by atoms with E-state index in [-0.39, 0.29) is 28.7 Å². The number of hydrogen-bond acceptors (Lipinski definition) is 9. The average molecular weight is 1150 g/mol. The molecule has 4 aromatic carbocycles. The molecule has 72 heavy (non-hydrogen) atoms. The first kappa shape index (κ1) is 57.7. The van der Waals surface area contributed by atoms with Crippen molar-refractivity contribution in [1.29, 1.82) is 0 Å². The van der Waals surface area contributed by atoms with Crippen molar-refractivity contribution < 1.29 is 26.3 Å². The summed E-state index contributed by atoms with van der Waals surface area (Å²) in [6.07, 6.45) is 17.4. The zero-order valence-electron chi connectivity index (χ0n) is 41.1. The number of nitrogens with two attached hydrogens (primary N) is 1. The quantitative estimate of drug-likeness (QED) is 0.0864. The van der Waals surface area contributed by atoms with Crippen LogP contribution in [0.15, 0.2) is 72.8 Å². The number of benzene rings is 4. The third-order valence-corrected chi connectivity index (χ3v) is 21.6. The van der Waals surface area contributed by atoms with E-state index in [1.165, 1.54) is 91.7 Å². The Bertz CT molecular complexity index is 2640. The Morgan fingerprint density at radius 1 is 0.542 bits per heavy atom. The molecule has 0 radical (unpaired) electrons. The van der Waals surface area contributed by atoms with Crippen LogP contribution in [0.4, 0.5) is 0 Å². The molecule has 6 aliphatic rings. The molecule has 2 heterocycles. The van der Waals surface area contributed by atoms with Gasteiger partial charge in [-0.2, -0.15) is 0 Å². The Morgan fingerprint density at radius 2 is 0.986 bits per heavy atom. The first-order valence-corrected chi connectivity index (χ1v) is 31.5. The summed E-state index contributed by atoms with van der Waals surface area (Å²) in [4.78, 5) is 5.36. The van der Waals surface area contributed by atoms with Crippen molar-refractivity contribution >= 4 is 88.4 Å². The summed E-state index contributed by atoms with van der Waals surface area (Å²) in [5.41, 5.74) is 13.7. The fraction of sp³-hybridized carbons (Fsp3) is 0.564. The fourth-order valence-electron chi connectivity index (χ4n) is 11.4. The second-order valence-electron chi connectivity index (χ2n) is 20.3. The third-order valence-electron chi connectivity index (χ3n) is 15.7. The number of likely N-dealkylation sites (tertiary alicyclic amines) is 2. The smallest absolute Gasteiger partial charge is 0.235 e. The Balaban J connectivity index is 0.000000184. The van der Waals surface area contributed by atoms with Gasteiger partial charge in [-0.1, -0.05) is 83.5 Å². The lowest BCUT2D eigenvalue weighted by Gasteiger charge is -2.39.